The molecule has 130 valence electrons. The molecule has 1 saturated heterocycles. The number of hydrogen-bond donors (Lipinski definition) is 0. The maximum Gasteiger partial charge on any atom is 0.0703 e. The van der Waals surface area contributed by atoms with Gasteiger partial charge in [0, 0.05) is 31.1 Å². The molecule has 1 aromatic heterocycles. The van der Waals surface area contributed by atoms with Crippen molar-refractivity contribution in [1.29, 1.82) is 0 Å². The molecule has 2 fully saturated rings. The van der Waals surface area contributed by atoms with Crippen molar-refractivity contribution in [3.63, 3.8) is 0 Å². The van der Waals surface area contributed by atoms with Gasteiger partial charge in [-0.2, -0.15) is 0 Å². The predicted molar refractivity (Wildman–Crippen MR) is 95.9 cm³/mol. The van der Waals surface area contributed by atoms with Crippen LogP contribution in [0.1, 0.15) is 50.3 Å². The Labute approximate surface area is 145 Å². The first-order chi connectivity index (χ1) is 11.3. The first-order valence-corrected chi connectivity index (χ1v) is 10.2. The van der Waals surface area contributed by atoms with Gasteiger partial charge in [0.25, 0.3) is 0 Å². The van der Waals surface area contributed by atoms with E-state index in [-0.39, 0.29) is 0 Å². The van der Waals surface area contributed by atoms with E-state index >= 15 is 0 Å². The SMILES string of the molecule is C[C@@H]1CCCC[C@H]1OCCN(Cc1cccs1)C[C@H]1CCCO1. The minimum absolute atomic E-state index is 0.420. The minimum atomic E-state index is 0.420. The Bertz CT molecular complexity index is 431. The van der Waals surface area contributed by atoms with Crippen molar-refractivity contribution in [1.82, 2.24) is 4.90 Å². The van der Waals surface area contributed by atoms with Gasteiger partial charge in [0.1, 0.15) is 0 Å². The van der Waals surface area contributed by atoms with E-state index in [1.807, 2.05) is 11.3 Å². The molecule has 0 unspecified atom stereocenters. The number of ether oxygens (including phenoxy) is 2. The molecule has 2 heterocycles. The zero-order valence-electron chi connectivity index (χ0n) is 14.4. The fraction of sp³-hybridized carbons (Fsp3) is 0.789. The molecule has 3 rings (SSSR count). The highest BCUT2D eigenvalue weighted by Crippen LogP contribution is 2.26. The molecule has 0 aromatic carbocycles. The summed E-state index contributed by atoms with van der Waals surface area (Å²) in [6.07, 6.45) is 8.62. The van der Waals surface area contributed by atoms with Crippen LogP contribution in [0.5, 0.6) is 0 Å². The summed E-state index contributed by atoms with van der Waals surface area (Å²) in [5.74, 6) is 0.729. The van der Waals surface area contributed by atoms with Gasteiger partial charge in [-0.25, -0.2) is 0 Å². The topological polar surface area (TPSA) is 21.7 Å². The smallest absolute Gasteiger partial charge is 0.0703 e. The Morgan fingerprint density at radius 3 is 2.91 bits per heavy atom. The number of rotatable bonds is 8. The molecule has 1 aliphatic heterocycles. The van der Waals surface area contributed by atoms with Gasteiger partial charge >= 0.3 is 0 Å². The second-order valence-electron chi connectivity index (χ2n) is 7.12. The Morgan fingerprint density at radius 1 is 1.26 bits per heavy atom. The third kappa shape index (κ3) is 5.56. The van der Waals surface area contributed by atoms with Crippen LogP contribution in [0.4, 0.5) is 0 Å². The molecule has 1 aliphatic carbocycles. The van der Waals surface area contributed by atoms with Gasteiger partial charge in [-0.15, -0.1) is 11.3 Å². The molecule has 3 atom stereocenters. The molecule has 1 aromatic rings. The Morgan fingerprint density at radius 2 is 2.17 bits per heavy atom. The molecule has 0 radical (unpaired) electrons. The molecule has 0 spiro atoms. The summed E-state index contributed by atoms with van der Waals surface area (Å²) in [7, 11) is 0. The molecule has 1 saturated carbocycles. The second-order valence-corrected chi connectivity index (χ2v) is 8.15. The first-order valence-electron chi connectivity index (χ1n) is 9.29. The van der Waals surface area contributed by atoms with E-state index in [0.717, 1.165) is 38.8 Å². The summed E-state index contributed by atoms with van der Waals surface area (Å²) in [4.78, 5) is 3.96. The Kier molecular flexibility index (Phi) is 6.94. The quantitative estimate of drug-likeness (QED) is 0.705. The van der Waals surface area contributed by atoms with Crippen LogP contribution >= 0.6 is 11.3 Å². The summed E-state index contributed by atoms with van der Waals surface area (Å²) in [5, 5.41) is 2.17. The average Bonchev–Trinajstić information content (AvgIpc) is 3.23. The van der Waals surface area contributed by atoms with Crippen LogP contribution in [0.15, 0.2) is 17.5 Å². The highest BCUT2D eigenvalue weighted by molar-refractivity contribution is 7.09. The summed E-state index contributed by atoms with van der Waals surface area (Å²) in [6, 6.07) is 4.38. The van der Waals surface area contributed by atoms with Crippen molar-refractivity contribution < 1.29 is 9.47 Å². The summed E-state index contributed by atoms with van der Waals surface area (Å²) < 4.78 is 12.1. The van der Waals surface area contributed by atoms with Crippen molar-refractivity contribution in [2.75, 3.05) is 26.3 Å². The first kappa shape index (κ1) is 17.4. The van der Waals surface area contributed by atoms with Gasteiger partial charge in [0.15, 0.2) is 0 Å². The van der Waals surface area contributed by atoms with Crippen LogP contribution in [0.25, 0.3) is 0 Å². The molecule has 23 heavy (non-hydrogen) atoms. The van der Waals surface area contributed by atoms with Crippen LogP contribution < -0.4 is 0 Å². The fourth-order valence-electron chi connectivity index (χ4n) is 3.80. The number of hydrogen-bond acceptors (Lipinski definition) is 4. The van der Waals surface area contributed by atoms with Gasteiger partial charge in [-0.3, -0.25) is 4.90 Å². The van der Waals surface area contributed by atoms with Crippen molar-refractivity contribution in [3.8, 4) is 0 Å². The van der Waals surface area contributed by atoms with Crippen molar-refractivity contribution >= 4 is 11.3 Å². The van der Waals surface area contributed by atoms with E-state index in [1.165, 1.54) is 43.4 Å². The van der Waals surface area contributed by atoms with Gasteiger partial charge in [-0.05, 0) is 43.0 Å². The molecule has 0 amide bonds. The lowest BCUT2D eigenvalue weighted by Gasteiger charge is -2.30. The van der Waals surface area contributed by atoms with Crippen molar-refractivity contribution in [3.05, 3.63) is 22.4 Å². The van der Waals surface area contributed by atoms with E-state index in [2.05, 4.69) is 29.3 Å². The standard InChI is InChI=1S/C19H31NO2S/c1-16-6-2-3-9-19(16)22-12-10-20(14-17-7-4-11-21-17)15-18-8-5-13-23-18/h5,8,13,16-17,19H,2-4,6-7,9-12,14-15H2,1H3/t16-,17-,19-/m1/s1. The highest BCUT2D eigenvalue weighted by atomic mass is 32.1. The molecule has 3 nitrogen and oxygen atoms in total. The summed E-state index contributed by atoms with van der Waals surface area (Å²) in [5.41, 5.74) is 0. The zero-order valence-corrected chi connectivity index (χ0v) is 15.2. The van der Waals surface area contributed by atoms with Crippen LogP contribution in [0.3, 0.4) is 0 Å². The van der Waals surface area contributed by atoms with Crippen molar-refractivity contribution in [2.24, 2.45) is 5.92 Å². The van der Waals surface area contributed by atoms with Gasteiger partial charge in [0.2, 0.25) is 0 Å². The molecular formula is C19H31NO2S. The summed E-state index contributed by atoms with van der Waals surface area (Å²) in [6.45, 7) is 7.23. The minimum Gasteiger partial charge on any atom is -0.377 e. The second kappa shape index (κ2) is 9.16. The fourth-order valence-corrected chi connectivity index (χ4v) is 4.54. The molecule has 0 bridgehead atoms. The van der Waals surface area contributed by atoms with Crippen LogP contribution in [-0.2, 0) is 16.0 Å². The van der Waals surface area contributed by atoms with Crippen LogP contribution in [-0.4, -0.2) is 43.4 Å². The largest absolute Gasteiger partial charge is 0.377 e. The normalized spacial score (nSPS) is 28.5. The average molecular weight is 338 g/mol. The zero-order chi connectivity index (χ0) is 15.9. The number of thiophene rings is 1. The van der Waals surface area contributed by atoms with E-state index in [0.29, 0.717) is 12.2 Å². The van der Waals surface area contributed by atoms with E-state index in [4.69, 9.17) is 9.47 Å². The van der Waals surface area contributed by atoms with Gasteiger partial charge in [-0.1, -0.05) is 25.8 Å². The van der Waals surface area contributed by atoms with Gasteiger partial charge in [0.05, 0.1) is 18.8 Å². The summed E-state index contributed by atoms with van der Waals surface area (Å²) >= 11 is 1.85. The van der Waals surface area contributed by atoms with E-state index in [1.54, 1.807) is 0 Å². The van der Waals surface area contributed by atoms with Crippen molar-refractivity contribution in [2.45, 2.75) is 64.2 Å². The molecule has 0 N–H and O–H groups in total. The Hall–Kier alpha value is -0.420. The van der Waals surface area contributed by atoms with Gasteiger partial charge < -0.3 is 9.47 Å². The monoisotopic (exact) mass is 337 g/mol. The molecule has 2 aliphatic rings. The lowest BCUT2D eigenvalue weighted by Crippen LogP contribution is -2.36. The van der Waals surface area contributed by atoms with E-state index in [9.17, 15) is 0 Å². The third-order valence-electron chi connectivity index (χ3n) is 5.22. The lowest BCUT2D eigenvalue weighted by atomic mass is 9.88. The maximum absolute atomic E-state index is 6.23. The van der Waals surface area contributed by atoms with Crippen LogP contribution in [0.2, 0.25) is 0 Å². The predicted octanol–water partition coefficient (Wildman–Crippen LogP) is 4.32. The third-order valence-corrected chi connectivity index (χ3v) is 6.08. The highest BCUT2D eigenvalue weighted by Gasteiger charge is 2.23. The Balaban J connectivity index is 1.46. The lowest BCUT2D eigenvalue weighted by molar-refractivity contribution is -0.0196. The number of nitrogens with zero attached hydrogens (tertiary/aromatic N) is 1. The van der Waals surface area contributed by atoms with Crippen LogP contribution in [0, 0.1) is 5.92 Å². The maximum atomic E-state index is 6.23. The molecular weight excluding hydrogens is 306 g/mol. The van der Waals surface area contributed by atoms with E-state index < -0.39 is 0 Å². The molecule has 4 heteroatoms.